The van der Waals surface area contributed by atoms with Crippen LogP contribution in [0.15, 0.2) is 34.5 Å². The van der Waals surface area contributed by atoms with Gasteiger partial charge in [-0.3, -0.25) is 10.1 Å². The maximum atomic E-state index is 12.1. The highest BCUT2D eigenvalue weighted by Gasteiger charge is 2.13. The molecule has 1 amide bonds. The number of aromatic nitrogens is 3. The number of halogens is 1. The number of hydrogen-bond donors (Lipinski definition) is 1. The number of carbonyl (C=O) groups is 1. The van der Waals surface area contributed by atoms with Gasteiger partial charge in [-0.15, -0.1) is 11.3 Å². The van der Waals surface area contributed by atoms with Gasteiger partial charge in [-0.05, 0) is 34.0 Å². The summed E-state index contributed by atoms with van der Waals surface area (Å²) in [4.78, 5) is 24.0. The Bertz CT molecular complexity index is 778. The topological polar surface area (TPSA) is 77.0 Å². The predicted octanol–water partition coefficient (Wildman–Crippen LogP) is 3.52. The zero-order chi connectivity index (χ0) is 16.1. The molecule has 3 aromatic rings. The standard InChI is InChI=1S/C14H11ClN4O2S2/c15-13-17-10(12(20)19-14-16-3-6-23-14)7-11(18-13)21-4-1-9-2-5-22-8-9/h2-3,5-8H,1,4H2,(H,16,19,20). The van der Waals surface area contributed by atoms with E-state index >= 15 is 0 Å². The summed E-state index contributed by atoms with van der Waals surface area (Å²) in [6, 6.07) is 3.50. The average Bonchev–Trinajstić information content (AvgIpc) is 3.20. The van der Waals surface area contributed by atoms with Gasteiger partial charge in [-0.1, -0.05) is 0 Å². The summed E-state index contributed by atoms with van der Waals surface area (Å²) in [5.74, 6) is -0.142. The van der Waals surface area contributed by atoms with Crippen molar-refractivity contribution in [1.29, 1.82) is 0 Å². The van der Waals surface area contributed by atoms with E-state index in [4.69, 9.17) is 16.3 Å². The molecule has 0 fully saturated rings. The number of hydrogen-bond acceptors (Lipinski definition) is 7. The molecule has 118 valence electrons. The van der Waals surface area contributed by atoms with Crippen LogP contribution in [-0.4, -0.2) is 27.5 Å². The van der Waals surface area contributed by atoms with Crippen LogP contribution in [0.4, 0.5) is 5.13 Å². The largest absolute Gasteiger partial charge is 0.477 e. The van der Waals surface area contributed by atoms with Gasteiger partial charge >= 0.3 is 0 Å². The first-order valence-electron chi connectivity index (χ1n) is 6.60. The molecule has 6 nitrogen and oxygen atoms in total. The van der Waals surface area contributed by atoms with Crippen molar-refractivity contribution in [3.8, 4) is 5.88 Å². The van der Waals surface area contributed by atoms with Crippen LogP contribution in [0.5, 0.6) is 5.88 Å². The third-order valence-electron chi connectivity index (χ3n) is 2.78. The number of thiazole rings is 1. The molecule has 0 unspecified atom stereocenters. The van der Waals surface area contributed by atoms with Crippen molar-refractivity contribution < 1.29 is 9.53 Å². The van der Waals surface area contributed by atoms with Gasteiger partial charge in [0.2, 0.25) is 11.2 Å². The molecule has 0 aliphatic heterocycles. The fraction of sp³-hybridized carbons (Fsp3) is 0.143. The molecule has 23 heavy (non-hydrogen) atoms. The van der Waals surface area contributed by atoms with E-state index in [-0.39, 0.29) is 16.9 Å². The fourth-order valence-electron chi connectivity index (χ4n) is 1.74. The third-order valence-corrected chi connectivity index (χ3v) is 4.37. The van der Waals surface area contributed by atoms with E-state index in [1.165, 1.54) is 23.0 Å². The van der Waals surface area contributed by atoms with E-state index in [1.54, 1.807) is 22.9 Å². The first kappa shape index (κ1) is 15.9. The van der Waals surface area contributed by atoms with Gasteiger partial charge in [0, 0.05) is 24.1 Å². The number of rotatable bonds is 6. The van der Waals surface area contributed by atoms with Crippen molar-refractivity contribution in [3.05, 3.63) is 51.0 Å². The van der Waals surface area contributed by atoms with Crippen molar-refractivity contribution in [2.24, 2.45) is 0 Å². The van der Waals surface area contributed by atoms with Gasteiger partial charge in [0.25, 0.3) is 5.91 Å². The Hall–Kier alpha value is -2.03. The minimum absolute atomic E-state index is 0.0395. The van der Waals surface area contributed by atoms with E-state index in [1.807, 2.05) is 11.4 Å². The highest BCUT2D eigenvalue weighted by atomic mass is 35.5. The Labute approximate surface area is 145 Å². The van der Waals surface area contributed by atoms with Crippen LogP contribution in [0.3, 0.4) is 0 Å². The first-order valence-corrected chi connectivity index (χ1v) is 8.80. The van der Waals surface area contributed by atoms with Crippen molar-refractivity contribution in [3.63, 3.8) is 0 Å². The minimum Gasteiger partial charge on any atom is -0.477 e. The van der Waals surface area contributed by atoms with Crippen LogP contribution in [0.25, 0.3) is 0 Å². The summed E-state index contributed by atoms with van der Waals surface area (Å²) < 4.78 is 5.56. The molecule has 0 aromatic carbocycles. The van der Waals surface area contributed by atoms with Gasteiger partial charge in [0.05, 0.1) is 6.61 Å². The fourth-order valence-corrected chi connectivity index (χ4v) is 3.14. The molecule has 3 aromatic heterocycles. The molecule has 3 rings (SSSR count). The predicted molar refractivity (Wildman–Crippen MR) is 90.6 cm³/mol. The molecule has 0 spiro atoms. The highest BCUT2D eigenvalue weighted by Crippen LogP contribution is 2.16. The third kappa shape index (κ3) is 4.47. The molecule has 0 aliphatic rings. The van der Waals surface area contributed by atoms with E-state index < -0.39 is 5.91 Å². The first-order chi connectivity index (χ1) is 11.2. The highest BCUT2D eigenvalue weighted by molar-refractivity contribution is 7.13. The summed E-state index contributed by atoms with van der Waals surface area (Å²) in [5, 5.41) is 8.92. The lowest BCUT2D eigenvalue weighted by Gasteiger charge is -2.07. The molecule has 1 N–H and O–H groups in total. The quantitative estimate of drug-likeness (QED) is 0.675. The number of anilines is 1. The van der Waals surface area contributed by atoms with Gasteiger partial charge in [0.15, 0.2) is 5.13 Å². The smallest absolute Gasteiger partial charge is 0.276 e. The molecule has 0 bridgehead atoms. The van der Waals surface area contributed by atoms with Crippen LogP contribution in [0.1, 0.15) is 16.1 Å². The molecule has 0 atom stereocenters. The van der Waals surface area contributed by atoms with Crippen LogP contribution in [-0.2, 0) is 6.42 Å². The maximum Gasteiger partial charge on any atom is 0.276 e. The number of thiophene rings is 1. The summed E-state index contributed by atoms with van der Waals surface area (Å²) in [6.07, 6.45) is 2.36. The minimum atomic E-state index is -0.410. The Morgan fingerprint density at radius 1 is 1.35 bits per heavy atom. The van der Waals surface area contributed by atoms with Crippen LogP contribution < -0.4 is 10.1 Å². The number of carbonyl (C=O) groups excluding carboxylic acids is 1. The molecule has 0 radical (unpaired) electrons. The van der Waals surface area contributed by atoms with Crippen LogP contribution in [0, 0.1) is 0 Å². The summed E-state index contributed by atoms with van der Waals surface area (Å²) in [5.41, 5.74) is 1.32. The molecule has 0 saturated carbocycles. The molecular formula is C14H11ClN4O2S2. The Morgan fingerprint density at radius 2 is 2.26 bits per heavy atom. The summed E-state index contributed by atoms with van der Waals surface area (Å²) in [6.45, 7) is 0.442. The summed E-state index contributed by atoms with van der Waals surface area (Å²) in [7, 11) is 0. The second kappa shape index (κ2) is 7.49. The Balaban J connectivity index is 1.64. The molecular weight excluding hydrogens is 356 g/mol. The lowest BCUT2D eigenvalue weighted by atomic mass is 10.3. The number of amides is 1. The van der Waals surface area contributed by atoms with Crippen molar-refractivity contribution in [1.82, 2.24) is 15.0 Å². The molecule has 9 heteroatoms. The van der Waals surface area contributed by atoms with E-state index in [0.29, 0.717) is 11.7 Å². The van der Waals surface area contributed by atoms with Gasteiger partial charge in [0.1, 0.15) is 5.69 Å². The van der Waals surface area contributed by atoms with Crippen molar-refractivity contribution in [2.45, 2.75) is 6.42 Å². The molecule has 0 aliphatic carbocycles. The number of nitrogens with one attached hydrogen (secondary N) is 1. The molecule has 0 saturated heterocycles. The zero-order valence-corrected chi connectivity index (χ0v) is 14.1. The van der Waals surface area contributed by atoms with Crippen molar-refractivity contribution in [2.75, 3.05) is 11.9 Å². The lowest BCUT2D eigenvalue weighted by Crippen LogP contribution is -2.14. The Kier molecular flexibility index (Phi) is 5.16. The number of nitrogens with zero attached hydrogens (tertiary/aromatic N) is 3. The van der Waals surface area contributed by atoms with Crippen LogP contribution >= 0.6 is 34.3 Å². The van der Waals surface area contributed by atoms with Gasteiger partial charge in [-0.2, -0.15) is 16.3 Å². The lowest BCUT2D eigenvalue weighted by molar-refractivity contribution is 0.102. The van der Waals surface area contributed by atoms with E-state index in [2.05, 4.69) is 25.6 Å². The van der Waals surface area contributed by atoms with E-state index in [0.717, 1.165) is 6.42 Å². The molecule has 3 heterocycles. The monoisotopic (exact) mass is 366 g/mol. The summed E-state index contributed by atoms with van der Waals surface area (Å²) >= 11 is 8.81. The Morgan fingerprint density at radius 3 is 3.00 bits per heavy atom. The second-order valence-electron chi connectivity index (χ2n) is 4.38. The van der Waals surface area contributed by atoms with Crippen LogP contribution in [0.2, 0.25) is 5.28 Å². The normalized spacial score (nSPS) is 10.5. The van der Waals surface area contributed by atoms with E-state index in [9.17, 15) is 4.79 Å². The SMILES string of the molecule is O=C(Nc1nccs1)c1cc(OCCc2ccsc2)nc(Cl)n1. The maximum absolute atomic E-state index is 12.1. The van der Waals surface area contributed by atoms with Gasteiger partial charge < -0.3 is 4.74 Å². The van der Waals surface area contributed by atoms with Crippen molar-refractivity contribution >= 4 is 45.3 Å². The number of ether oxygens (including phenoxy) is 1. The second-order valence-corrected chi connectivity index (χ2v) is 6.39. The zero-order valence-electron chi connectivity index (χ0n) is 11.7. The average molecular weight is 367 g/mol. The van der Waals surface area contributed by atoms with Gasteiger partial charge in [-0.25, -0.2) is 9.97 Å².